The van der Waals surface area contributed by atoms with E-state index in [0.29, 0.717) is 22.1 Å². The third-order valence-electron chi connectivity index (χ3n) is 3.04. The maximum absolute atomic E-state index is 13.1. The Kier molecular flexibility index (Phi) is 4.10. The molecule has 3 nitrogen and oxygen atoms in total. The molecule has 0 fully saturated rings. The number of aryl methyl sites for hydroxylation is 1. The van der Waals surface area contributed by atoms with Crippen LogP contribution in [0.2, 0.25) is 5.02 Å². The van der Waals surface area contributed by atoms with Crippen molar-refractivity contribution in [1.82, 2.24) is 9.55 Å². The first-order chi connectivity index (χ1) is 9.08. The summed E-state index contributed by atoms with van der Waals surface area (Å²) in [6.45, 7) is 4.94. The van der Waals surface area contributed by atoms with Crippen LogP contribution in [-0.2, 0) is 13.0 Å². The SMILES string of the molecule is CCCn1c(CC)nc(-c2ccc(F)cc2Cl)c1N. The number of hydrogen-bond donors (Lipinski definition) is 1. The molecule has 0 aliphatic heterocycles. The number of rotatable bonds is 4. The zero-order valence-corrected chi connectivity index (χ0v) is 11.8. The second kappa shape index (κ2) is 5.61. The fraction of sp³-hybridized carbons (Fsp3) is 0.357. The molecule has 2 aromatic rings. The number of imidazole rings is 1. The highest BCUT2D eigenvalue weighted by atomic mass is 35.5. The molecule has 0 aliphatic rings. The van der Waals surface area contributed by atoms with Gasteiger partial charge in [0.15, 0.2) is 0 Å². The molecule has 5 heteroatoms. The van der Waals surface area contributed by atoms with Gasteiger partial charge in [-0.25, -0.2) is 9.37 Å². The van der Waals surface area contributed by atoms with Gasteiger partial charge in [0, 0.05) is 18.5 Å². The fourth-order valence-electron chi connectivity index (χ4n) is 2.14. The van der Waals surface area contributed by atoms with Gasteiger partial charge in [-0.3, -0.25) is 0 Å². The van der Waals surface area contributed by atoms with Gasteiger partial charge < -0.3 is 10.3 Å². The van der Waals surface area contributed by atoms with E-state index in [0.717, 1.165) is 25.2 Å². The lowest BCUT2D eigenvalue weighted by Crippen LogP contribution is -2.06. The standard InChI is InChI=1S/C14H17ClFN3/c1-3-7-19-12(4-2)18-13(14(19)17)10-6-5-9(16)8-11(10)15/h5-6,8H,3-4,7,17H2,1-2H3. The fourth-order valence-corrected chi connectivity index (χ4v) is 2.39. The highest BCUT2D eigenvalue weighted by molar-refractivity contribution is 6.33. The van der Waals surface area contributed by atoms with Gasteiger partial charge in [0.25, 0.3) is 0 Å². The molecule has 102 valence electrons. The molecule has 2 N–H and O–H groups in total. The number of hydrogen-bond acceptors (Lipinski definition) is 2. The molecule has 0 atom stereocenters. The van der Waals surface area contributed by atoms with Crippen molar-refractivity contribution in [1.29, 1.82) is 0 Å². The van der Waals surface area contributed by atoms with Gasteiger partial charge >= 0.3 is 0 Å². The average molecular weight is 282 g/mol. The van der Waals surface area contributed by atoms with Crippen molar-refractivity contribution < 1.29 is 4.39 Å². The van der Waals surface area contributed by atoms with E-state index in [4.69, 9.17) is 17.3 Å². The van der Waals surface area contributed by atoms with Gasteiger partial charge in [0.1, 0.15) is 23.2 Å². The minimum Gasteiger partial charge on any atom is -0.383 e. The largest absolute Gasteiger partial charge is 0.383 e. The number of nitrogen functional groups attached to an aromatic ring is 1. The first-order valence-electron chi connectivity index (χ1n) is 6.38. The summed E-state index contributed by atoms with van der Waals surface area (Å²) in [7, 11) is 0. The quantitative estimate of drug-likeness (QED) is 0.924. The molecule has 0 amide bonds. The van der Waals surface area contributed by atoms with Gasteiger partial charge in [-0.05, 0) is 24.6 Å². The summed E-state index contributed by atoms with van der Waals surface area (Å²) in [4.78, 5) is 4.54. The molecule has 2 rings (SSSR count). The summed E-state index contributed by atoms with van der Waals surface area (Å²) in [6, 6.07) is 4.26. The first-order valence-corrected chi connectivity index (χ1v) is 6.76. The molecule has 0 bridgehead atoms. The van der Waals surface area contributed by atoms with E-state index in [1.54, 1.807) is 6.07 Å². The summed E-state index contributed by atoms with van der Waals surface area (Å²) < 4.78 is 15.1. The third-order valence-corrected chi connectivity index (χ3v) is 3.35. The van der Waals surface area contributed by atoms with E-state index in [9.17, 15) is 4.39 Å². The molecule has 0 unspecified atom stereocenters. The summed E-state index contributed by atoms with van der Waals surface area (Å²) >= 11 is 6.07. The van der Waals surface area contributed by atoms with E-state index in [1.165, 1.54) is 12.1 Å². The van der Waals surface area contributed by atoms with Crippen LogP contribution in [-0.4, -0.2) is 9.55 Å². The Labute approximate surface area is 117 Å². The van der Waals surface area contributed by atoms with Crippen molar-refractivity contribution in [3.05, 3.63) is 34.9 Å². The minimum atomic E-state index is -0.365. The molecule has 1 aromatic heterocycles. The van der Waals surface area contributed by atoms with Gasteiger partial charge in [-0.15, -0.1) is 0 Å². The first kappa shape index (κ1) is 13.9. The summed E-state index contributed by atoms with van der Waals surface area (Å²) in [6.07, 6.45) is 1.77. The summed E-state index contributed by atoms with van der Waals surface area (Å²) in [5, 5.41) is 0.329. The zero-order valence-electron chi connectivity index (χ0n) is 11.1. The number of aromatic nitrogens is 2. The molecule has 19 heavy (non-hydrogen) atoms. The van der Waals surface area contributed by atoms with Crippen LogP contribution in [0.25, 0.3) is 11.3 Å². The van der Waals surface area contributed by atoms with Crippen LogP contribution in [0, 0.1) is 5.82 Å². The molecule has 1 aromatic carbocycles. The monoisotopic (exact) mass is 281 g/mol. The van der Waals surface area contributed by atoms with E-state index < -0.39 is 0 Å². The normalized spacial score (nSPS) is 10.9. The molecule has 0 aliphatic carbocycles. The predicted octanol–water partition coefficient (Wildman–Crippen LogP) is 3.90. The lowest BCUT2D eigenvalue weighted by Gasteiger charge is -2.07. The summed E-state index contributed by atoms with van der Waals surface area (Å²) in [5.41, 5.74) is 7.46. The predicted molar refractivity (Wildman–Crippen MR) is 76.7 cm³/mol. The van der Waals surface area contributed by atoms with E-state index in [1.807, 2.05) is 11.5 Å². The van der Waals surface area contributed by atoms with Crippen molar-refractivity contribution in [2.45, 2.75) is 33.2 Å². The second-order valence-electron chi connectivity index (χ2n) is 4.39. The molecular formula is C14H17ClFN3. The lowest BCUT2D eigenvalue weighted by molar-refractivity contribution is 0.628. The van der Waals surface area contributed by atoms with Crippen LogP contribution in [0.15, 0.2) is 18.2 Å². The molecule has 1 heterocycles. The highest BCUT2D eigenvalue weighted by Gasteiger charge is 2.17. The highest BCUT2D eigenvalue weighted by Crippen LogP contribution is 2.32. The minimum absolute atomic E-state index is 0.329. The van der Waals surface area contributed by atoms with Crippen LogP contribution < -0.4 is 5.73 Å². The molecule has 0 radical (unpaired) electrons. The molecular weight excluding hydrogens is 265 g/mol. The van der Waals surface area contributed by atoms with E-state index in [2.05, 4.69) is 11.9 Å². The van der Waals surface area contributed by atoms with Crippen LogP contribution in [0.3, 0.4) is 0 Å². The van der Waals surface area contributed by atoms with E-state index in [-0.39, 0.29) is 5.82 Å². The number of nitrogens with two attached hydrogens (primary N) is 1. The molecule has 0 spiro atoms. The Bertz CT molecular complexity index is 593. The Balaban J connectivity index is 2.56. The van der Waals surface area contributed by atoms with Crippen LogP contribution in [0.5, 0.6) is 0 Å². The van der Waals surface area contributed by atoms with E-state index >= 15 is 0 Å². The van der Waals surface area contributed by atoms with Crippen LogP contribution in [0.4, 0.5) is 10.2 Å². The zero-order chi connectivity index (χ0) is 14.0. The van der Waals surface area contributed by atoms with Gasteiger partial charge in [0.05, 0.1) is 5.02 Å². The van der Waals surface area contributed by atoms with Crippen molar-refractivity contribution >= 4 is 17.4 Å². The lowest BCUT2D eigenvalue weighted by atomic mass is 10.1. The Morgan fingerprint density at radius 2 is 2.11 bits per heavy atom. The van der Waals surface area contributed by atoms with Crippen molar-refractivity contribution in [3.8, 4) is 11.3 Å². The Morgan fingerprint density at radius 1 is 1.37 bits per heavy atom. The van der Waals surface area contributed by atoms with Gasteiger partial charge in [-0.2, -0.15) is 0 Å². The topological polar surface area (TPSA) is 43.8 Å². The molecule has 0 saturated heterocycles. The Morgan fingerprint density at radius 3 is 2.68 bits per heavy atom. The van der Waals surface area contributed by atoms with Crippen molar-refractivity contribution in [2.75, 3.05) is 5.73 Å². The van der Waals surface area contributed by atoms with Crippen LogP contribution in [0.1, 0.15) is 26.1 Å². The number of halogens is 2. The smallest absolute Gasteiger partial charge is 0.131 e. The van der Waals surface area contributed by atoms with Gasteiger partial charge in [-0.1, -0.05) is 25.4 Å². The maximum atomic E-state index is 13.1. The van der Waals surface area contributed by atoms with Crippen molar-refractivity contribution in [2.24, 2.45) is 0 Å². The van der Waals surface area contributed by atoms with Crippen LogP contribution >= 0.6 is 11.6 Å². The number of benzene rings is 1. The Hall–Kier alpha value is -1.55. The second-order valence-corrected chi connectivity index (χ2v) is 4.80. The molecule has 0 saturated carbocycles. The average Bonchev–Trinajstić information content (AvgIpc) is 2.68. The number of nitrogens with zero attached hydrogens (tertiary/aromatic N) is 2. The number of anilines is 1. The third kappa shape index (κ3) is 2.59. The maximum Gasteiger partial charge on any atom is 0.131 e. The van der Waals surface area contributed by atoms with Gasteiger partial charge in [0.2, 0.25) is 0 Å². The van der Waals surface area contributed by atoms with Crippen molar-refractivity contribution in [3.63, 3.8) is 0 Å². The summed E-state index contributed by atoms with van der Waals surface area (Å²) in [5.74, 6) is 1.15.